The zero-order valence-electron chi connectivity index (χ0n) is 12.7. The summed E-state index contributed by atoms with van der Waals surface area (Å²) in [4.78, 5) is 9.12. The van der Waals surface area contributed by atoms with E-state index in [1.165, 1.54) is 0 Å². The number of nitrogens with one attached hydrogen (secondary N) is 2. The second-order valence-corrected chi connectivity index (χ2v) is 4.67. The molecular formula is C14H26N4O. The Balaban J connectivity index is 2.88. The van der Waals surface area contributed by atoms with Crippen molar-refractivity contribution in [1.82, 2.24) is 9.97 Å². The molecule has 0 bridgehead atoms. The molecule has 0 aliphatic carbocycles. The lowest BCUT2D eigenvalue weighted by Crippen LogP contribution is -2.23. The van der Waals surface area contributed by atoms with Gasteiger partial charge in [-0.25, -0.2) is 9.97 Å². The van der Waals surface area contributed by atoms with Gasteiger partial charge < -0.3 is 15.4 Å². The summed E-state index contributed by atoms with van der Waals surface area (Å²) in [6.07, 6.45) is 1.93. The minimum atomic E-state index is 0.229. The molecule has 0 saturated carbocycles. The Morgan fingerprint density at radius 2 is 1.89 bits per heavy atom. The first kappa shape index (κ1) is 15.7. The highest BCUT2D eigenvalue weighted by Gasteiger charge is 2.11. The zero-order valence-corrected chi connectivity index (χ0v) is 12.7. The van der Waals surface area contributed by atoms with Gasteiger partial charge in [0.2, 0.25) is 0 Å². The van der Waals surface area contributed by atoms with Crippen LogP contribution in [0, 0.1) is 6.92 Å². The van der Waals surface area contributed by atoms with Crippen molar-refractivity contribution in [3.63, 3.8) is 0 Å². The molecule has 0 aliphatic rings. The Morgan fingerprint density at radius 3 is 2.47 bits per heavy atom. The van der Waals surface area contributed by atoms with E-state index >= 15 is 0 Å². The lowest BCUT2D eigenvalue weighted by atomic mass is 10.2. The van der Waals surface area contributed by atoms with Crippen molar-refractivity contribution in [3.8, 4) is 0 Å². The maximum atomic E-state index is 5.42. The third kappa shape index (κ3) is 4.67. The van der Waals surface area contributed by atoms with Gasteiger partial charge in [0, 0.05) is 31.7 Å². The average Bonchev–Trinajstić information content (AvgIpc) is 2.40. The zero-order chi connectivity index (χ0) is 14.3. The molecule has 0 saturated heterocycles. The largest absolute Gasteiger partial charge is 0.380 e. The van der Waals surface area contributed by atoms with E-state index < -0.39 is 0 Å². The van der Waals surface area contributed by atoms with Gasteiger partial charge in [-0.3, -0.25) is 0 Å². The first-order valence-electron chi connectivity index (χ1n) is 7.01. The van der Waals surface area contributed by atoms with Gasteiger partial charge in [0.15, 0.2) is 0 Å². The monoisotopic (exact) mass is 266 g/mol. The van der Waals surface area contributed by atoms with Crippen LogP contribution in [-0.2, 0) is 11.2 Å². The molecule has 5 nitrogen and oxygen atoms in total. The first-order chi connectivity index (χ1) is 9.12. The van der Waals surface area contributed by atoms with E-state index in [2.05, 4.69) is 34.4 Å². The van der Waals surface area contributed by atoms with Gasteiger partial charge in [0.25, 0.3) is 0 Å². The number of aromatic nitrogens is 2. The van der Waals surface area contributed by atoms with Crippen LogP contribution in [0.4, 0.5) is 11.6 Å². The standard InChI is InChI=1S/C14H26N4O/c1-6-8-12-17-13(15-5)11(4)14(18-12)16-10(3)9-19-7-2/h10H,6-9H2,1-5H3,(H2,15,16,17,18). The predicted molar refractivity (Wildman–Crippen MR) is 79.9 cm³/mol. The minimum Gasteiger partial charge on any atom is -0.380 e. The molecule has 1 rings (SSSR count). The van der Waals surface area contributed by atoms with Crippen LogP contribution in [0.3, 0.4) is 0 Å². The molecule has 0 fully saturated rings. The van der Waals surface area contributed by atoms with Crippen LogP contribution in [0.25, 0.3) is 0 Å². The van der Waals surface area contributed by atoms with Crippen LogP contribution in [-0.4, -0.2) is 36.3 Å². The summed E-state index contributed by atoms with van der Waals surface area (Å²) in [5.41, 5.74) is 1.05. The lowest BCUT2D eigenvalue weighted by Gasteiger charge is -2.18. The fraction of sp³-hybridized carbons (Fsp3) is 0.714. The number of nitrogens with zero attached hydrogens (tertiary/aromatic N) is 2. The summed E-state index contributed by atoms with van der Waals surface area (Å²) in [6.45, 7) is 9.66. The number of ether oxygens (including phenoxy) is 1. The smallest absolute Gasteiger partial charge is 0.135 e. The Morgan fingerprint density at radius 1 is 1.21 bits per heavy atom. The molecule has 1 unspecified atom stereocenters. The van der Waals surface area contributed by atoms with Gasteiger partial charge >= 0.3 is 0 Å². The number of aryl methyl sites for hydroxylation is 1. The van der Waals surface area contributed by atoms with E-state index in [1.54, 1.807) is 0 Å². The fourth-order valence-corrected chi connectivity index (χ4v) is 1.85. The highest BCUT2D eigenvalue weighted by molar-refractivity contribution is 5.57. The van der Waals surface area contributed by atoms with E-state index in [1.807, 2.05) is 20.9 Å². The Hall–Kier alpha value is -1.36. The molecule has 0 aliphatic heterocycles. The van der Waals surface area contributed by atoms with E-state index in [9.17, 15) is 0 Å². The number of anilines is 2. The summed E-state index contributed by atoms with van der Waals surface area (Å²) in [7, 11) is 1.89. The molecule has 1 atom stereocenters. The third-order valence-corrected chi connectivity index (χ3v) is 2.86. The number of rotatable bonds is 8. The molecule has 1 aromatic heterocycles. The Bertz CT molecular complexity index is 395. The summed E-state index contributed by atoms with van der Waals surface area (Å²) in [6, 6.07) is 0.229. The summed E-state index contributed by atoms with van der Waals surface area (Å²) in [5.74, 6) is 2.67. The van der Waals surface area contributed by atoms with Crippen LogP contribution in [0.2, 0.25) is 0 Å². The highest BCUT2D eigenvalue weighted by atomic mass is 16.5. The summed E-state index contributed by atoms with van der Waals surface area (Å²) < 4.78 is 5.42. The maximum Gasteiger partial charge on any atom is 0.135 e. The Labute approximate surface area is 116 Å². The first-order valence-corrected chi connectivity index (χ1v) is 7.01. The fourth-order valence-electron chi connectivity index (χ4n) is 1.85. The van der Waals surface area contributed by atoms with Crippen molar-refractivity contribution >= 4 is 11.6 Å². The summed E-state index contributed by atoms with van der Waals surface area (Å²) >= 11 is 0. The van der Waals surface area contributed by atoms with Crippen LogP contribution in [0.1, 0.15) is 38.6 Å². The van der Waals surface area contributed by atoms with Gasteiger partial charge in [0.05, 0.1) is 6.61 Å². The van der Waals surface area contributed by atoms with Crippen LogP contribution in [0.5, 0.6) is 0 Å². The second kappa shape index (κ2) is 7.94. The van der Waals surface area contributed by atoms with Gasteiger partial charge in [-0.1, -0.05) is 6.92 Å². The molecule has 0 radical (unpaired) electrons. The SMILES string of the molecule is CCCc1nc(NC)c(C)c(NC(C)COCC)n1. The second-order valence-electron chi connectivity index (χ2n) is 4.67. The van der Waals surface area contributed by atoms with Crippen molar-refractivity contribution < 1.29 is 4.74 Å². The normalized spacial score (nSPS) is 12.3. The maximum absolute atomic E-state index is 5.42. The average molecular weight is 266 g/mol. The molecule has 1 heterocycles. The molecule has 108 valence electrons. The van der Waals surface area contributed by atoms with Crippen LogP contribution >= 0.6 is 0 Å². The quantitative estimate of drug-likeness (QED) is 0.757. The highest BCUT2D eigenvalue weighted by Crippen LogP contribution is 2.20. The lowest BCUT2D eigenvalue weighted by molar-refractivity contribution is 0.141. The van der Waals surface area contributed by atoms with Crippen molar-refractivity contribution in [2.24, 2.45) is 0 Å². The number of hydrogen-bond acceptors (Lipinski definition) is 5. The van der Waals surface area contributed by atoms with Crippen LogP contribution < -0.4 is 10.6 Å². The van der Waals surface area contributed by atoms with Crippen LogP contribution in [0.15, 0.2) is 0 Å². The molecule has 5 heteroatoms. The molecule has 1 aromatic rings. The number of hydrogen-bond donors (Lipinski definition) is 2. The van der Waals surface area contributed by atoms with Crippen molar-refractivity contribution in [1.29, 1.82) is 0 Å². The molecule has 0 spiro atoms. The van der Waals surface area contributed by atoms with E-state index in [0.29, 0.717) is 6.61 Å². The van der Waals surface area contributed by atoms with E-state index in [0.717, 1.165) is 42.5 Å². The molecule has 0 aromatic carbocycles. The van der Waals surface area contributed by atoms with E-state index in [-0.39, 0.29) is 6.04 Å². The van der Waals surface area contributed by atoms with Gasteiger partial charge in [-0.05, 0) is 27.2 Å². The molecule has 19 heavy (non-hydrogen) atoms. The predicted octanol–water partition coefficient (Wildman–Crippen LogP) is 2.62. The topological polar surface area (TPSA) is 59.1 Å². The van der Waals surface area contributed by atoms with Crippen molar-refractivity contribution in [2.45, 2.75) is 46.6 Å². The third-order valence-electron chi connectivity index (χ3n) is 2.86. The molecule has 0 amide bonds. The summed E-state index contributed by atoms with van der Waals surface area (Å²) in [5, 5.41) is 6.53. The molecule has 2 N–H and O–H groups in total. The van der Waals surface area contributed by atoms with Crippen molar-refractivity contribution in [2.75, 3.05) is 30.9 Å². The van der Waals surface area contributed by atoms with E-state index in [4.69, 9.17) is 4.74 Å². The minimum absolute atomic E-state index is 0.229. The molecular weight excluding hydrogens is 240 g/mol. The van der Waals surface area contributed by atoms with Gasteiger partial charge in [0.1, 0.15) is 17.5 Å². The van der Waals surface area contributed by atoms with Gasteiger partial charge in [-0.2, -0.15) is 0 Å². The van der Waals surface area contributed by atoms with Gasteiger partial charge in [-0.15, -0.1) is 0 Å². The van der Waals surface area contributed by atoms with Crippen molar-refractivity contribution in [3.05, 3.63) is 11.4 Å². The Kier molecular flexibility index (Phi) is 6.56.